The Labute approximate surface area is 132 Å². The molecule has 0 amide bonds. The minimum absolute atomic E-state index is 0.0934. The molecule has 0 unspecified atom stereocenters. The average molecular weight is 382 g/mol. The monoisotopic (exact) mass is 381 g/mol. The van der Waals surface area contributed by atoms with Gasteiger partial charge in [-0.15, -0.1) is 11.3 Å². The van der Waals surface area contributed by atoms with Crippen LogP contribution in [0.2, 0.25) is 0 Å². The number of nitrogens with one attached hydrogen (secondary N) is 1. The van der Waals surface area contributed by atoms with Gasteiger partial charge in [-0.25, -0.2) is 13.1 Å². The molecule has 0 aromatic carbocycles. The smallest absolute Gasteiger partial charge is 0.251 e. The zero-order chi connectivity index (χ0) is 14.8. The molecule has 0 saturated heterocycles. The molecule has 7 heteroatoms. The van der Waals surface area contributed by atoms with Gasteiger partial charge in [-0.2, -0.15) is 0 Å². The van der Waals surface area contributed by atoms with Crippen LogP contribution in [0.15, 0.2) is 20.1 Å². The Kier molecular flexibility index (Phi) is 5.29. The van der Waals surface area contributed by atoms with E-state index in [9.17, 15) is 13.5 Å². The van der Waals surface area contributed by atoms with Crippen molar-refractivity contribution in [1.82, 2.24) is 4.72 Å². The van der Waals surface area contributed by atoms with Crippen LogP contribution in [0.4, 0.5) is 0 Å². The molecule has 1 aromatic rings. The van der Waals surface area contributed by atoms with E-state index >= 15 is 0 Å². The lowest BCUT2D eigenvalue weighted by Crippen LogP contribution is -2.45. The van der Waals surface area contributed by atoms with Crippen LogP contribution in [-0.4, -0.2) is 25.7 Å². The van der Waals surface area contributed by atoms with Gasteiger partial charge in [0.25, 0.3) is 10.0 Å². The molecule has 0 radical (unpaired) electrons. The Bertz CT molecular complexity index is 548. The first-order valence-corrected chi connectivity index (χ1v) is 9.97. The van der Waals surface area contributed by atoms with Crippen LogP contribution >= 0.6 is 27.3 Å². The van der Waals surface area contributed by atoms with Crippen molar-refractivity contribution in [2.75, 3.05) is 6.54 Å². The Hall–Kier alpha value is 0.0500. The van der Waals surface area contributed by atoms with Crippen molar-refractivity contribution in [2.24, 2.45) is 5.92 Å². The van der Waals surface area contributed by atoms with Crippen LogP contribution in [0.25, 0.3) is 0 Å². The van der Waals surface area contributed by atoms with Gasteiger partial charge >= 0.3 is 0 Å². The van der Waals surface area contributed by atoms with Crippen LogP contribution in [-0.2, 0) is 10.0 Å². The second kappa shape index (κ2) is 6.44. The molecule has 1 fully saturated rings. The van der Waals surface area contributed by atoms with Crippen LogP contribution in [0.3, 0.4) is 0 Å². The summed E-state index contributed by atoms with van der Waals surface area (Å²) in [6.45, 7) is 2.25. The van der Waals surface area contributed by atoms with Crippen molar-refractivity contribution in [3.8, 4) is 0 Å². The molecule has 1 saturated carbocycles. The van der Waals surface area contributed by atoms with E-state index in [-0.39, 0.29) is 10.8 Å². The molecule has 20 heavy (non-hydrogen) atoms. The normalized spacial score (nSPS) is 27.6. The van der Waals surface area contributed by atoms with Crippen molar-refractivity contribution < 1.29 is 13.5 Å². The van der Waals surface area contributed by atoms with E-state index in [2.05, 4.69) is 27.6 Å². The van der Waals surface area contributed by atoms with Crippen LogP contribution in [0.1, 0.15) is 39.0 Å². The first-order valence-electron chi connectivity index (χ1n) is 6.81. The third kappa shape index (κ3) is 3.82. The van der Waals surface area contributed by atoms with Crippen molar-refractivity contribution >= 4 is 37.3 Å². The van der Waals surface area contributed by atoms with Crippen LogP contribution < -0.4 is 4.72 Å². The highest BCUT2D eigenvalue weighted by Gasteiger charge is 2.34. The average Bonchev–Trinajstić information content (AvgIpc) is 2.85. The van der Waals surface area contributed by atoms with E-state index in [0.29, 0.717) is 23.2 Å². The van der Waals surface area contributed by atoms with Gasteiger partial charge in [-0.3, -0.25) is 0 Å². The van der Waals surface area contributed by atoms with Crippen molar-refractivity contribution in [3.63, 3.8) is 0 Å². The van der Waals surface area contributed by atoms with Crippen LogP contribution in [0, 0.1) is 5.92 Å². The molecular formula is C13H20BrNO3S2. The number of hydrogen-bond donors (Lipinski definition) is 2. The summed E-state index contributed by atoms with van der Waals surface area (Å²) in [6.07, 6.45) is 4.40. The number of rotatable bonds is 5. The third-order valence-corrected chi connectivity index (χ3v) is 8.10. The van der Waals surface area contributed by atoms with E-state index < -0.39 is 15.6 Å². The largest absolute Gasteiger partial charge is 0.389 e. The van der Waals surface area contributed by atoms with Crippen molar-refractivity contribution in [1.29, 1.82) is 0 Å². The summed E-state index contributed by atoms with van der Waals surface area (Å²) in [6, 6.07) is 1.71. The molecule has 1 heterocycles. The topological polar surface area (TPSA) is 66.4 Å². The van der Waals surface area contributed by atoms with Gasteiger partial charge in [0, 0.05) is 11.0 Å². The van der Waals surface area contributed by atoms with Gasteiger partial charge in [-0.05, 0) is 59.0 Å². The van der Waals surface area contributed by atoms with E-state index in [1.807, 2.05) is 0 Å². The quantitative estimate of drug-likeness (QED) is 0.822. The number of sulfonamides is 1. The Morgan fingerprint density at radius 1 is 1.50 bits per heavy atom. The summed E-state index contributed by atoms with van der Waals surface area (Å²) in [4.78, 5) is 0. The predicted octanol–water partition coefficient (Wildman–Crippen LogP) is 3.12. The van der Waals surface area contributed by atoms with Crippen molar-refractivity contribution in [3.05, 3.63) is 15.9 Å². The SMILES string of the molecule is CCC1CCC(O)(CNS(=O)(=O)c2sccc2Br)CC1. The standard InChI is InChI=1S/C13H20BrNO3S2/c1-2-10-3-6-13(16,7-4-10)9-15-20(17,18)12-11(14)5-8-19-12/h5,8,10,15-16H,2-4,6-7,9H2,1H3. The molecule has 2 N–H and O–H groups in total. The molecular weight excluding hydrogens is 362 g/mol. The summed E-state index contributed by atoms with van der Waals surface area (Å²) in [5.41, 5.74) is -0.900. The molecule has 0 aliphatic heterocycles. The second-order valence-electron chi connectivity index (χ2n) is 5.46. The highest BCUT2D eigenvalue weighted by molar-refractivity contribution is 9.10. The van der Waals surface area contributed by atoms with E-state index in [4.69, 9.17) is 0 Å². The highest BCUT2D eigenvalue weighted by atomic mass is 79.9. The fraction of sp³-hybridized carbons (Fsp3) is 0.692. The lowest BCUT2D eigenvalue weighted by atomic mass is 9.78. The molecule has 1 aromatic heterocycles. The maximum Gasteiger partial charge on any atom is 0.251 e. The van der Waals surface area contributed by atoms with Gasteiger partial charge in [0.05, 0.1) is 5.60 Å². The molecule has 0 atom stereocenters. The Morgan fingerprint density at radius 2 is 2.15 bits per heavy atom. The summed E-state index contributed by atoms with van der Waals surface area (Å²) in [5, 5.41) is 12.2. The van der Waals surface area contributed by atoms with E-state index in [1.165, 1.54) is 11.3 Å². The summed E-state index contributed by atoms with van der Waals surface area (Å²) >= 11 is 4.39. The first kappa shape index (κ1) is 16.4. The lowest BCUT2D eigenvalue weighted by Gasteiger charge is -2.35. The van der Waals surface area contributed by atoms with Crippen molar-refractivity contribution in [2.45, 2.75) is 48.8 Å². The van der Waals surface area contributed by atoms with Gasteiger partial charge < -0.3 is 5.11 Å². The van der Waals surface area contributed by atoms with E-state index in [1.54, 1.807) is 11.4 Å². The molecule has 4 nitrogen and oxygen atoms in total. The highest BCUT2D eigenvalue weighted by Crippen LogP contribution is 2.34. The zero-order valence-corrected chi connectivity index (χ0v) is 14.7. The van der Waals surface area contributed by atoms with Crippen LogP contribution in [0.5, 0.6) is 0 Å². The molecule has 1 aliphatic carbocycles. The third-order valence-electron chi connectivity index (χ3n) is 4.03. The number of hydrogen-bond acceptors (Lipinski definition) is 4. The minimum Gasteiger partial charge on any atom is -0.389 e. The fourth-order valence-electron chi connectivity index (χ4n) is 2.57. The fourth-order valence-corrected chi connectivity index (χ4v) is 6.07. The maximum atomic E-state index is 12.2. The van der Waals surface area contributed by atoms with Gasteiger partial charge in [0.1, 0.15) is 4.21 Å². The molecule has 2 rings (SSSR count). The molecule has 0 spiro atoms. The summed E-state index contributed by atoms with van der Waals surface area (Å²) in [5.74, 6) is 0.665. The summed E-state index contributed by atoms with van der Waals surface area (Å²) < 4.78 is 27.7. The Balaban J connectivity index is 1.97. The second-order valence-corrected chi connectivity index (χ2v) is 9.19. The van der Waals surface area contributed by atoms with Gasteiger partial charge in [0.2, 0.25) is 0 Å². The van der Waals surface area contributed by atoms with Gasteiger partial charge in [0.15, 0.2) is 0 Å². The first-order chi connectivity index (χ1) is 9.36. The Morgan fingerprint density at radius 3 is 2.65 bits per heavy atom. The number of aliphatic hydroxyl groups is 1. The minimum atomic E-state index is -3.54. The van der Waals surface area contributed by atoms with Gasteiger partial charge in [-0.1, -0.05) is 13.3 Å². The summed E-state index contributed by atoms with van der Waals surface area (Å²) in [7, 11) is -3.54. The number of halogens is 1. The molecule has 0 bridgehead atoms. The lowest BCUT2D eigenvalue weighted by molar-refractivity contribution is -0.00442. The zero-order valence-electron chi connectivity index (χ0n) is 11.4. The number of thiophene rings is 1. The maximum absolute atomic E-state index is 12.2. The molecule has 1 aliphatic rings. The van der Waals surface area contributed by atoms with E-state index in [0.717, 1.165) is 19.3 Å². The predicted molar refractivity (Wildman–Crippen MR) is 84.4 cm³/mol. The molecule has 114 valence electrons.